The highest BCUT2D eigenvalue weighted by atomic mass is 35.5. The van der Waals surface area contributed by atoms with E-state index in [1.165, 1.54) is 6.42 Å². The lowest BCUT2D eigenvalue weighted by molar-refractivity contribution is -0.141. The largest absolute Gasteiger partial charge is 0.381 e. The first-order chi connectivity index (χ1) is 8.68. The average Bonchev–Trinajstić information content (AvgIpc) is 2.89. The van der Waals surface area contributed by atoms with E-state index < -0.39 is 0 Å². The van der Waals surface area contributed by atoms with Gasteiger partial charge in [0.2, 0.25) is 5.91 Å². The number of ether oxygens (including phenoxy) is 1. The van der Waals surface area contributed by atoms with Crippen LogP contribution in [0.4, 0.5) is 0 Å². The number of nitrogens with zero attached hydrogens (tertiary/aromatic N) is 1. The average molecular weight is 291 g/mol. The molecule has 2 aliphatic rings. The number of rotatable bonds is 4. The lowest BCUT2D eigenvalue weighted by Crippen LogP contribution is -2.47. The maximum absolute atomic E-state index is 12.6. The van der Waals surface area contributed by atoms with Crippen LogP contribution in [0.25, 0.3) is 0 Å². The van der Waals surface area contributed by atoms with Crippen LogP contribution in [0.3, 0.4) is 0 Å². The van der Waals surface area contributed by atoms with Crippen LogP contribution in [-0.2, 0) is 9.53 Å². The quantitative estimate of drug-likeness (QED) is 0.859. The fourth-order valence-electron chi connectivity index (χ4n) is 3.38. The van der Waals surface area contributed by atoms with E-state index in [0.717, 1.165) is 51.9 Å². The molecule has 2 rings (SSSR count). The highest BCUT2D eigenvalue weighted by Crippen LogP contribution is 2.38. The lowest BCUT2D eigenvalue weighted by Gasteiger charge is -2.34. The molecule has 19 heavy (non-hydrogen) atoms. The SMILES string of the molecule is CN(CC1CCCOC1)C(=O)C1(CN)CCCC1.Cl. The summed E-state index contributed by atoms with van der Waals surface area (Å²) in [5.74, 6) is 0.761. The van der Waals surface area contributed by atoms with Gasteiger partial charge in [-0.2, -0.15) is 0 Å². The zero-order valence-electron chi connectivity index (χ0n) is 11.9. The smallest absolute Gasteiger partial charge is 0.229 e. The summed E-state index contributed by atoms with van der Waals surface area (Å²) in [4.78, 5) is 14.5. The molecule has 0 aromatic heterocycles. The van der Waals surface area contributed by atoms with Crippen molar-refractivity contribution in [1.29, 1.82) is 0 Å². The predicted molar refractivity (Wildman–Crippen MR) is 78.4 cm³/mol. The van der Waals surface area contributed by atoms with Crippen molar-refractivity contribution >= 4 is 18.3 Å². The van der Waals surface area contributed by atoms with E-state index in [0.29, 0.717) is 12.5 Å². The van der Waals surface area contributed by atoms with Crippen molar-refractivity contribution in [2.24, 2.45) is 17.1 Å². The van der Waals surface area contributed by atoms with E-state index >= 15 is 0 Å². The van der Waals surface area contributed by atoms with Crippen LogP contribution in [0.1, 0.15) is 38.5 Å². The van der Waals surface area contributed by atoms with Gasteiger partial charge in [-0.05, 0) is 31.6 Å². The molecule has 4 nitrogen and oxygen atoms in total. The van der Waals surface area contributed by atoms with Crippen LogP contribution in [-0.4, -0.2) is 44.2 Å². The third kappa shape index (κ3) is 3.83. The number of hydrogen-bond donors (Lipinski definition) is 1. The van der Waals surface area contributed by atoms with Crippen LogP contribution in [0.2, 0.25) is 0 Å². The molecule has 5 heteroatoms. The minimum Gasteiger partial charge on any atom is -0.381 e. The Morgan fingerprint density at radius 1 is 1.37 bits per heavy atom. The summed E-state index contributed by atoms with van der Waals surface area (Å²) in [6, 6.07) is 0. The van der Waals surface area contributed by atoms with Crippen LogP contribution in [0.5, 0.6) is 0 Å². The second-order valence-electron chi connectivity index (χ2n) is 5.96. The molecule has 0 spiro atoms. The monoisotopic (exact) mass is 290 g/mol. The minimum atomic E-state index is -0.260. The Balaban J connectivity index is 0.00000180. The molecule has 1 saturated carbocycles. The number of amides is 1. The summed E-state index contributed by atoms with van der Waals surface area (Å²) >= 11 is 0. The van der Waals surface area contributed by atoms with Gasteiger partial charge in [-0.1, -0.05) is 12.8 Å². The number of hydrogen-bond acceptors (Lipinski definition) is 3. The number of carbonyl (C=O) groups excluding carboxylic acids is 1. The summed E-state index contributed by atoms with van der Waals surface area (Å²) in [5, 5.41) is 0. The maximum Gasteiger partial charge on any atom is 0.229 e. The van der Waals surface area contributed by atoms with Crippen molar-refractivity contribution in [2.45, 2.75) is 38.5 Å². The Kier molecular flexibility index (Phi) is 6.57. The Morgan fingerprint density at radius 3 is 2.58 bits per heavy atom. The number of nitrogens with two attached hydrogens (primary N) is 1. The summed E-state index contributed by atoms with van der Waals surface area (Å²) in [6.45, 7) is 2.99. The molecule has 1 atom stereocenters. The van der Waals surface area contributed by atoms with Crippen molar-refractivity contribution < 1.29 is 9.53 Å². The molecule has 0 bridgehead atoms. The van der Waals surface area contributed by atoms with E-state index in [2.05, 4.69) is 0 Å². The summed E-state index contributed by atoms with van der Waals surface area (Å²) in [5.41, 5.74) is 5.61. The zero-order chi connectivity index (χ0) is 13.0. The van der Waals surface area contributed by atoms with Crippen LogP contribution in [0.15, 0.2) is 0 Å². The Hall–Kier alpha value is -0.320. The van der Waals surface area contributed by atoms with E-state index in [1.807, 2.05) is 11.9 Å². The minimum absolute atomic E-state index is 0. The Labute approximate surface area is 122 Å². The molecule has 2 fully saturated rings. The molecule has 1 unspecified atom stereocenters. The van der Waals surface area contributed by atoms with Gasteiger partial charge in [0, 0.05) is 26.7 Å². The molecule has 1 saturated heterocycles. The van der Waals surface area contributed by atoms with Crippen molar-refractivity contribution in [2.75, 3.05) is 33.4 Å². The van der Waals surface area contributed by atoms with Gasteiger partial charge in [-0.25, -0.2) is 0 Å². The first-order valence-electron chi connectivity index (χ1n) is 7.21. The molecule has 1 amide bonds. The van der Waals surface area contributed by atoms with Crippen LogP contribution < -0.4 is 5.73 Å². The van der Waals surface area contributed by atoms with E-state index in [9.17, 15) is 4.79 Å². The molecule has 0 aromatic rings. The molecule has 0 radical (unpaired) electrons. The van der Waals surface area contributed by atoms with Gasteiger partial charge in [-0.15, -0.1) is 12.4 Å². The van der Waals surface area contributed by atoms with Gasteiger partial charge in [0.1, 0.15) is 0 Å². The molecule has 1 aliphatic carbocycles. The van der Waals surface area contributed by atoms with E-state index in [-0.39, 0.29) is 23.7 Å². The maximum atomic E-state index is 12.6. The first kappa shape index (κ1) is 16.7. The highest BCUT2D eigenvalue weighted by molar-refractivity contribution is 5.85. The molecule has 2 N–H and O–H groups in total. The third-order valence-electron chi connectivity index (χ3n) is 4.54. The van der Waals surface area contributed by atoms with Gasteiger partial charge >= 0.3 is 0 Å². The van der Waals surface area contributed by atoms with Crippen molar-refractivity contribution in [3.8, 4) is 0 Å². The molecular weight excluding hydrogens is 264 g/mol. The highest BCUT2D eigenvalue weighted by Gasteiger charge is 2.41. The van der Waals surface area contributed by atoms with Crippen LogP contribution >= 0.6 is 12.4 Å². The second-order valence-corrected chi connectivity index (χ2v) is 5.96. The Morgan fingerprint density at radius 2 is 2.05 bits per heavy atom. The van der Waals surface area contributed by atoms with E-state index in [4.69, 9.17) is 10.5 Å². The van der Waals surface area contributed by atoms with Crippen LogP contribution in [0, 0.1) is 11.3 Å². The van der Waals surface area contributed by atoms with Gasteiger partial charge in [0.15, 0.2) is 0 Å². The van der Waals surface area contributed by atoms with Crippen molar-refractivity contribution in [3.63, 3.8) is 0 Å². The zero-order valence-corrected chi connectivity index (χ0v) is 12.7. The second kappa shape index (κ2) is 7.46. The first-order valence-corrected chi connectivity index (χ1v) is 7.21. The molecule has 0 aromatic carbocycles. The molecule has 1 aliphatic heterocycles. The fourth-order valence-corrected chi connectivity index (χ4v) is 3.38. The van der Waals surface area contributed by atoms with E-state index in [1.54, 1.807) is 0 Å². The fraction of sp³-hybridized carbons (Fsp3) is 0.929. The van der Waals surface area contributed by atoms with Crippen molar-refractivity contribution in [1.82, 2.24) is 4.90 Å². The summed E-state index contributed by atoms with van der Waals surface area (Å²) in [6.07, 6.45) is 6.51. The van der Waals surface area contributed by atoms with Gasteiger partial charge in [-0.3, -0.25) is 4.79 Å². The summed E-state index contributed by atoms with van der Waals surface area (Å²) < 4.78 is 5.48. The predicted octanol–water partition coefficient (Wildman–Crippen LogP) is 1.81. The van der Waals surface area contributed by atoms with Gasteiger partial charge < -0.3 is 15.4 Å². The number of carbonyl (C=O) groups is 1. The number of halogens is 1. The molecule has 112 valence electrons. The van der Waals surface area contributed by atoms with Crippen molar-refractivity contribution in [3.05, 3.63) is 0 Å². The molecular formula is C14H27ClN2O2. The summed E-state index contributed by atoms with van der Waals surface area (Å²) in [7, 11) is 1.92. The lowest BCUT2D eigenvalue weighted by atomic mass is 9.84. The topological polar surface area (TPSA) is 55.6 Å². The van der Waals surface area contributed by atoms with Gasteiger partial charge in [0.25, 0.3) is 0 Å². The normalized spacial score (nSPS) is 25.7. The third-order valence-corrected chi connectivity index (χ3v) is 4.54. The Bertz CT molecular complexity index is 287. The standard InChI is InChI=1S/C14H26N2O2.ClH/c1-16(9-12-5-4-8-18-10-12)13(17)14(11-15)6-2-3-7-14;/h12H,2-11,15H2,1H3;1H. The van der Waals surface area contributed by atoms with Gasteiger partial charge in [0.05, 0.1) is 12.0 Å². The molecule has 1 heterocycles.